The van der Waals surface area contributed by atoms with Gasteiger partial charge in [0.25, 0.3) is 0 Å². The number of fused-ring (bicyclic) bond motifs is 6. The Morgan fingerprint density at radius 2 is 1.92 bits per heavy atom. The van der Waals surface area contributed by atoms with Crippen LogP contribution in [0.25, 0.3) is 0 Å². The molecule has 0 N–H and O–H groups in total. The van der Waals surface area contributed by atoms with Crippen LogP contribution in [0.2, 0.25) is 0 Å². The maximum Gasteiger partial charge on any atom is 0.306 e. The van der Waals surface area contributed by atoms with Gasteiger partial charge in [-0.15, -0.1) is 0 Å². The predicted octanol–water partition coefficient (Wildman–Crippen LogP) is 5.19. The molecule has 2 nitrogen and oxygen atoms in total. The molecule has 0 aromatic rings. The van der Waals surface area contributed by atoms with E-state index in [9.17, 15) is 4.79 Å². The fraction of sp³-hybridized carbons (Fsp3) is 0.773. The van der Waals surface area contributed by atoms with Gasteiger partial charge in [-0.25, -0.2) is 0 Å². The normalized spacial score (nSPS) is 52.5. The lowest BCUT2D eigenvalue weighted by Crippen LogP contribution is -2.53. The van der Waals surface area contributed by atoms with E-state index in [0.717, 1.165) is 30.6 Å². The second-order valence-electron chi connectivity index (χ2n) is 9.59. The molecule has 0 radical (unpaired) electrons. The average Bonchev–Trinajstić information content (AvgIpc) is 3.08. The maximum atomic E-state index is 11.9. The number of carbonyl (C=O) groups excluding carboxylic acids is 1. The van der Waals surface area contributed by atoms with E-state index < -0.39 is 0 Å². The number of carbonyl (C=O) groups is 1. The van der Waals surface area contributed by atoms with Gasteiger partial charge < -0.3 is 4.74 Å². The van der Waals surface area contributed by atoms with Crippen LogP contribution in [0, 0.1) is 28.6 Å². The van der Waals surface area contributed by atoms with Gasteiger partial charge >= 0.3 is 5.97 Å². The first-order chi connectivity index (χ1) is 11.5. The van der Waals surface area contributed by atoms with Crippen LogP contribution in [0.3, 0.4) is 0 Å². The van der Waals surface area contributed by atoms with Crippen molar-refractivity contribution in [2.24, 2.45) is 28.6 Å². The van der Waals surface area contributed by atoms with Crippen LogP contribution in [0.4, 0.5) is 0 Å². The predicted molar refractivity (Wildman–Crippen MR) is 94.3 cm³/mol. The summed E-state index contributed by atoms with van der Waals surface area (Å²) in [5.41, 5.74) is 2.09. The van der Waals surface area contributed by atoms with Gasteiger partial charge in [0, 0.05) is 11.8 Å². The first kappa shape index (κ1) is 15.2. The third-order valence-corrected chi connectivity index (χ3v) is 8.98. The highest BCUT2D eigenvalue weighted by molar-refractivity contribution is 5.72. The number of ether oxygens (including phenoxy) is 1. The summed E-state index contributed by atoms with van der Waals surface area (Å²) in [5, 5.41) is 0. The van der Waals surface area contributed by atoms with Gasteiger partial charge in [0.1, 0.15) is 5.60 Å². The topological polar surface area (TPSA) is 26.3 Å². The van der Waals surface area contributed by atoms with E-state index in [1.165, 1.54) is 38.5 Å². The van der Waals surface area contributed by atoms with Crippen molar-refractivity contribution < 1.29 is 9.53 Å². The van der Waals surface area contributed by atoms with Crippen LogP contribution in [0.5, 0.6) is 0 Å². The molecule has 0 unspecified atom stereocenters. The minimum atomic E-state index is -0.128. The largest absolute Gasteiger partial charge is 0.458 e. The van der Waals surface area contributed by atoms with Crippen molar-refractivity contribution in [2.45, 2.75) is 77.2 Å². The highest BCUT2D eigenvalue weighted by Crippen LogP contribution is 2.69. The summed E-state index contributed by atoms with van der Waals surface area (Å²) in [6.45, 7) is 4.99. The summed E-state index contributed by atoms with van der Waals surface area (Å²) < 4.78 is 6.03. The van der Waals surface area contributed by atoms with Crippen molar-refractivity contribution in [2.75, 3.05) is 0 Å². The minimum Gasteiger partial charge on any atom is -0.458 e. The first-order valence-electron chi connectivity index (χ1n) is 10.1. The van der Waals surface area contributed by atoms with Gasteiger partial charge in [0.2, 0.25) is 0 Å². The second-order valence-corrected chi connectivity index (χ2v) is 9.59. The summed E-state index contributed by atoms with van der Waals surface area (Å²) in [7, 11) is 0. The lowest BCUT2D eigenvalue weighted by Gasteiger charge is -2.58. The molecule has 3 fully saturated rings. The highest BCUT2D eigenvalue weighted by atomic mass is 16.6. The number of esters is 1. The molecule has 1 heterocycles. The molecule has 2 heteroatoms. The molecule has 24 heavy (non-hydrogen) atoms. The Bertz CT molecular complexity index is 646. The van der Waals surface area contributed by atoms with Crippen LogP contribution < -0.4 is 0 Å². The summed E-state index contributed by atoms with van der Waals surface area (Å²) in [6.07, 6.45) is 17.7. The van der Waals surface area contributed by atoms with E-state index >= 15 is 0 Å². The van der Waals surface area contributed by atoms with Gasteiger partial charge in [-0.2, -0.15) is 0 Å². The third kappa shape index (κ3) is 1.70. The van der Waals surface area contributed by atoms with E-state index in [1.807, 2.05) is 0 Å². The van der Waals surface area contributed by atoms with Crippen molar-refractivity contribution in [1.82, 2.24) is 0 Å². The number of hydrogen-bond donors (Lipinski definition) is 0. The summed E-state index contributed by atoms with van der Waals surface area (Å²) >= 11 is 0. The molecule has 0 amide bonds. The number of rotatable bonds is 0. The van der Waals surface area contributed by atoms with Crippen LogP contribution in [-0.4, -0.2) is 11.6 Å². The molecule has 0 aromatic heterocycles. The van der Waals surface area contributed by atoms with Crippen LogP contribution in [0.15, 0.2) is 23.8 Å². The van der Waals surface area contributed by atoms with Crippen LogP contribution >= 0.6 is 0 Å². The molecule has 5 aliphatic rings. The maximum absolute atomic E-state index is 11.9. The molecule has 1 aliphatic heterocycles. The highest BCUT2D eigenvalue weighted by Gasteiger charge is 2.66. The van der Waals surface area contributed by atoms with E-state index in [2.05, 4.69) is 32.1 Å². The Kier molecular flexibility index (Phi) is 3.02. The molecular weight excluding hydrogens is 296 g/mol. The Morgan fingerprint density at radius 3 is 2.71 bits per heavy atom. The summed E-state index contributed by atoms with van der Waals surface area (Å²) in [4.78, 5) is 11.9. The molecule has 5 rings (SSSR count). The molecule has 1 spiro atoms. The Hall–Kier alpha value is -1.05. The SMILES string of the molecule is C[C@]12CCC=CC1=CC[C@@H]1[C@@H]2CC[C@@]2(C)[C@H]1CC[C@]21CCC(=O)O1. The Labute approximate surface area is 145 Å². The zero-order chi connectivity index (χ0) is 16.6. The molecule has 6 atom stereocenters. The van der Waals surface area contributed by atoms with E-state index in [1.54, 1.807) is 5.57 Å². The van der Waals surface area contributed by atoms with E-state index in [-0.39, 0.29) is 17.0 Å². The molecule has 0 aromatic carbocycles. The lowest BCUT2D eigenvalue weighted by atomic mass is 9.47. The summed E-state index contributed by atoms with van der Waals surface area (Å²) in [5.74, 6) is 2.41. The van der Waals surface area contributed by atoms with Crippen molar-refractivity contribution >= 4 is 5.97 Å². The molecular formula is C22H30O2. The quantitative estimate of drug-likeness (QED) is 0.573. The fourth-order valence-electron chi connectivity index (χ4n) is 7.59. The first-order valence-corrected chi connectivity index (χ1v) is 10.1. The van der Waals surface area contributed by atoms with Gasteiger partial charge in [-0.3, -0.25) is 4.79 Å². The van der Waals surface area contributed by atoms with Gasteiger partial charge in [0.05, 0.1) is 0 Å². The fourth-order valence-corrected chi connectivity index (χ4v) is 7.59. The number of allylic oxidation sites excluding steroid dienone is 4. The molecule has 0 bridgehead atoms. The van der Waals surface area contributed by atoms with Crippen LogP contribution in [-0.2, 0) is 9.53 Å². The van der Waals surface area contributed by atoms with Gasteiger partial charge in [-0.05, 0) is 80.1 Å². The molecule has 1 saturated heterocycles. The van der Waals surface area contributed by atoms with Crippen LogP contribution in [0.1, 0.15) is 71.6 Å². The van der Waals surface area contributed by atoms with Gasteiger partial charge in [0.15, 0.2) is 0 Å². The van der Waals surface area contributed by atoms with E-state index in [4.69, 9.17) is 4.74 Å². The Morgan fingerprint density at radius 1 is 1.08 bits per heavy atom. The van der Waals surface area contributed by atoms with Crippen molar-refractivity contribution in [3.05, 3.63) is 23.8 Å². The molecule has 4 aliphatic carbocycles. The van der Waals surface area contributed by atoms with Crippen molar-refractivity contribution in [3.8, 4) is 0 Å². The standard InChI is InChI=1S/C22H30O2/c1-20-11-4-3-5-15(20)6-7-16-17(20)8-12-21(2)18(16)9-13-22(21)14-10-19(23)24-22/h3,5-6,16-18H,4,7-14H2,1-2H3/t16-,17+,18+,20+,21+,22+/m1/s1. The van der Waals surface area contributed by atoms with Gasteiger partial charge in [-0.1, -0.05) is 32.1 Å². The third-order valence-electron chi connectivity index (χ3n) is 8.98. The lowest BCUT2D eigenvalue weighted by molar-refractivity contribution is -0.166. The molecule has 2 saturated carbocycles. The second kappa shape index (κ2) is 4.77. The zero-order valence-corrected chi connectivity index (χ0v) is 15.1. The smallest absolute Gasteiger partial charge is 0.306 e. The summed E-state index contributed by atoms with van der Waals surface area (Å²) in [6, 6.07) is 0. The molecule has 130 valence electrons. The monoisotopic (exact) mass is 326 g/mol. The average molecular weight is 326 g/mol. The van der Waals surface area contributed by atoms with E-state index in [0.29, 0.717) is 11.8 Å². The van der Waals surface area contributed by atoms with Crippen molar-refractivity contribution in [3.63, 3.8) is 0 Å². The van der Waals surface area contributed by atoms with Crippen molar-refractivity contribution in [1.29, 1.82) is 0 Å². The number of hydrogen-bond acceptors (Lipinski definition) is 2. The Balaban J connectivity index is 1.52. The minimum absolute atomic E-state index is 0.0502. The zero-order valence-electron chi connectivity index (χ0n) is 15.1.